The van der Waals surface area contributed by atoms with Gasteiger partial charge in [0.05, 0.1) is 12.0 Å². The van der Waals surface area contributed by atoms with E-state index >= 15 is 0 Å². The van der Waals surface area contributed by atoms with Crippen molar-refractivity contribution in [3.8, 4) is 5.69 Å². The van der Waals surface area contributed by atoms with E-state index in [4.69, 9.17) is 0 Å². The molecule has 2 aromatic rings. The third-order valence-electron chi connectivity index (χ3n) is 4.11. The van der Waals surface area contributed by atoms with E-state index in [1.165, 1.54) is 22.9 Å². The Labute approximate surface area is 132 Å². The summed E-state index contributed by atoms with van der Waals surface area (Å²) < 4.78 is 15.2. The monoisotopic (exact) mass is 319 g/mol. The average molecular weight is 319 g/mol. The van der Waals surface area contributed by atoms with E-state index in [2.05, 4.69) is 20.8 Å². The molecule has 8 heteroatoms. The molecule has 0 aliphatic heterocycles. The lowest BCUT2D eigenvalue weighted by Gasteiger charge is -2.21. The highest BCUT2D eigenvalue weighted by molar-refractivity contribution is 5.91. The Morgan fingerprint density at radius 2 is 2.17 bits per heavy atom. The molecule has 122 valence electrons. The maximum Gasteiger partial charge on any atom is 0.227 e. The lowest BCUT2D eigenvalue weighted by atomic mass is 9.97. The van der Waals surface area contributed by atoms with Gasteiger partial charge in [-0.05, 0) is 48.4 Å². The zero-order chi connectivity index (χ0) is 16.4. The minimum absolute atomic E-state index is 0.0453. The van der Waals surface area contributed by atoms with E-state index in [0.29, 0.717) is 24.4 Å². The van der Waals surface area contributed by atoms with Gasteiger partial charge in [-0.25, -0.2) is 4.39 Å². The zero-order valence-corrected chi connectivity index (χ0v) is 12.8. The van der Waals surface area contributed by atoms with Crippen LogP contribution in [0.3, 0.4) is 0 Å². The van der Waals surface area contributed by atoms with Crippen LogP contribution in [-0.2, 0) is 4.79 Å². The Kier molecular flexibility index (Phi) is 4.08. The Morgan fingerprint density at radius 3 is 2.83 bits per heavy atom. The van der Waals surface area contributed by atoms with Crippen LogP contribution in [-0.4, -0.2) is 36.8 Å². The van der Waals surface area contributed by atoms with Crippen LogP contribution in [0.5, 0.6) is 0 Å². The molecular weight excluding hydrogens is 301 g/mol. The van der Waals surface area contributed by atoms with Crippen molar-refractivity contribution < 1.29 is 14.3 Å². The summed E-state index contributed by atoms with van der Waals surface area (Å²) in [7, 11) is 0. The smallest absolute Gasteiger partial charge is 0.227 e. The Balaban J connectivity index is 1.76. The number of halogens is 1. The number of anilines is 1. The molecule has 0 radical (unpaired) electrons. The highest BCUT2D eigenvalue weighted by Gasteiger charge is 2.33. The standard InChI is InChI=1S/C15H18FN5O2/c1-10-18-19-20-21(10)13-8-11(4-5-12(13)16)17-14(22)9-15(23)6-2-3-7-15/h4-5,8,23H,2-3,6-7,9H2,1H3,(H,17,22). The Bertz CT molecular complexity index is 724. The molecule has 1 aromatic carbocycles. The van der Waals surface area contributed by atoms with Crippen molar-refractivity contribution in [2.75, 3.05) is 5.32 Å². The van der Waals surface area contributed by atoms with Gasteiger partial charge in [-0.2, -0.15) is 4.68 Å². The van der Waals surface area contributed by atoms with E-state index in [0.717, 1.165) is 12.8 Å². The number of carbonyl (C=O) groups excluding carboxylic acids is 1. The van der Waals surface area contributed by atoms with Gasteiger partial charge in [-0.1, -0.05) is 12.8 Å². The van der Waals surface area contributed by atoms with Gasteiger partial charge in [0.15, 0.2) is 5.82 Å². The van der Waals surface area contributed by atoms with Crippen molar-refractivity contribution in [3.05, 3.63) is 29.8 Å². The lowest BCUT2D eigenvalue weighted by molar-refractivity contribution is -0.120. The fraction of sp³-hybridized carbons (Fsp3) is 0.467. The summed E-state index contributed by atoms with van der Waals surface area (Å²) in [4.78, 5) is 12.1. The molecule has 0 bridgehead atoms. The third kappa shape index (κ3) is 3.37. The second-order valence-corrected chi connectivity index (χ2v) is 5.96. The maximum atomic E-state index is 14.0. The van der Waals surface area contributed by atoms with Gasteiger partial charge in [-0.3, -0.25) is 4.79 Å². The summed E-state index contributed by atoms with van der Waals surface area (Å²) in [5, 5.41) is 23.9. The maximum absolute atomic E-state index is 14.0. The predicted octanol–water partition coefficient (Wildman–Crippen LogP) is 1.74. The number of nitrogens with zero attached hydrogens (tertiary/aromatic N) is 4. The number of nitrogens with one attached hydrogen (secondary N) is 1. The highest BCUT2D eigenvalue weighted by Crippen LogP contribution is 2.32. The normalized spacial score (nSPS) is 16.5. The number of aliphatic hydroxyl groups is 1. The predicted molar refractivity (Wildman–Crippen MR) is 80.5 cm³/mol. The average Bonchev–Trinajstić information content (AvgIpc) is 3.10. The summed E-state index contributed by atoms with van der Waals surface area (Å²) >= 11 is 0. The summed E-state index contributed by atoms with van der Waals surface area (Å²) in [6.45, 7) is 1.65. The van der Waals surface area contributed by atoms with Gasteiger partial charge in [0.1, 0.15) is 11.5 Å². The van der Waals surface area contributed by atoms with Crippen LogP contribution < -0.4 is 5.32 Å². The number of aromatic nitrogens is 4. The topological polar surface area (TPSA) is 92.9 Å². The van der Waals surface area contributed by atoms with Gasteiger partial charge in [0.2, 0.25) is 5.91 Å². The molecule has 1 fully saturated rings. The summed E-state index contributed by atoms with van der Waals surface area (Å²) in [6.07, 6.45) is 3.19. The van der Waals surface area contributed by atoms with E-state index < -0.39 is 11.4 Å². The molecule has 7 nitrogen and oxygen atoms in total. The largest absolute Gasteiger partial charge is 0.389 e. The number of hydrogen-bond donors (Lipinski definition) is 2. The first-order valence-corrected chi connectivity index (χ1v) is 7.54. The van der Waals surface area contributed by atoms with Crippen molar-refractivity contribution in [2.45, 2.75) is 44.6 Å². The molecule has 0 unspecified atom stereocenters. The van der Waals surface area contributed by atoms with Crippen LogP contribution in [0.4, 0.5) is 10.1 Å². The van der Waals surface area contributed by atoms with Crippen molar-refractivity contribution >= 4 is 11.6 Å². The number of benzene rings is 1. The zero-order valence-electron chi connectivity index (χ0n) is 12.8. The highest BCUT2D eigenvalue weighted by atomic mass is 19.1. The molecule has 3 rings (SSSR count). The van der Waals surface area contributed by atoms with Gasteiger partial charge in [0, 0.05) is 5.69 Å². The van der Waals surface area contributed by atoms with E-state index in [1.54, 1.807) is 6.92 Å². The number of amides is 1. The SMILES string of the molecule is Cc1nnnn1-c1cc(NC(=O)CC2(O)CCCC2)ccc1F. The fourth-order valence-corrected chi connectivity index (χ4v) is 2.92. The van der Waals surface area contributed by atoms with E-state index in [1.807, 2.05) is 0 Å². The summed E-state index contributed by atoms with van der Waals surface area (Å²) in [5.41, 5.74) is -0.327. The molecule has 0 atom stereocenters. The van der Waals surface area contributed by atoms with Gasteiger partial charge in [0.25, 0.3) is 0 Å². The van der Waals surface area contributed by atoms with Crippen LogP contribution in [0.15, 0.2) is 18.2 Å². The molecule has 2 N–H and O–H groups in total. The van der Waals surface area contributed by atoms with E-state index in [-0.39, 0.29) is 18.0 Å². The minimum Gasteiger partial charge on any atom is -0.389 e. The van der Waals surface area contributed by atoms with Crippen molar-refractivity contribution in [2.24, 2.45) is 0 Å². The molecule has 1 heterocycles. The molecule has 1 amide bonds. The molecule has 0 spiro atoms. The second kappa shape index (κ2) is 6.04. The third-order valence-corrected chi connectivity index (χ3v) is 4.11. The van der Waals surface area contributed by atoms with Crippen molar-refractivity contribution in [3.63, 3.8) is 0 Å². The van der Waals surface area contributed by atoms with Gasteiger partial charge >= 0.3 is 0 Å². The lowest BCUT2D eigenvalue weighted by Crippen LogP contribution is -2.30. The quantitative estimate of drug-likeness (QED) is 0.895. The van der Waals surface area contributed by atoms with Crippen LogP contribution in [0, 0.1) is 12.7 Å². The second-order valence-electron chi connectivity index (χ2n) is 5.96. The fourth-order valence-electron chi connectivity index (χ4n) is 2.92. The molecule has 1 aliphatic rings. The van der Waals surface area contributed by atoms with Crippen LogP contribution in [0.1, 0.15) is 37.9 Å². The number of rotatable bonds is 4. The van der Waals surface area contributed by atoms with Crippen molar-refractivity contribution in [1.82, 2.24) is 20.2 Å². The van der Waals surface area contributed by atoms with E-state index in [9.17, 15) is 14.3 Å². The minimum atomic E-state index is -0.917. The summed E-state index contributed by atoms with van der Waals surface area (Å²) in [6, 6.07) is 4.18. The first-order valence-electron chi connectivity index (χ1n) is 7.54. The molecule has 1 aromatic heterocycles. The van der Waals surface area contributed by atoms with Crippen LogP contribution in [0.25, 0.3) is 5.69 Å². The van der Waals surface area contributed by atoms with Crippen LogP contribution >= 0.6 is 0 Å². The number of tetrazole rings is 1. The van der Waals surface area contributed by atoms with Gasteiger partial charge in [-0.15, -0.1) is 5.10 Å². The number of hydrogen-bond acceptors (Lipinski definition) is 5. The first-order chi connectivity index (χ1) is 11.0. The Morgan fingerprint density at radius 1 is 1.43 bits per heavy atom. The van der Waals surface area contributed by atoms with Gasteiger partial charge < -0.3 is 10.4 Å². The molecule has 23 heavy (non-hydrogen) atoms. The summed E-state index contributed by atoms with van der Waals surface area (Å²) in [5.74, 6) is -0.346. The van der Waals surface area contributed by atoms with Crippen LogP contribution in [0.2, 0.25) is 0 Å². The molecule has 0 saturated heterocycles. The molecular formula is C15H18FN5O2. The first kappa shape index (κ1) is 15.5. The van der Waals surface area contributed by atoms with Crippen molar-refractivity contribution in [1.29, 1.82) is 0 Å². The molecule has 1 saturated carbocycles. The molecule has 1 aliphatic carbocycles. The number of aryl methyl sites for hydroxylation is 1. The number of carbonyl (C=O) groups is 1. The Hall–Kier alpha value is -2.35.